The average Bonchev–Trinajstić information content (AvgIpc) is 3.57. The van der Waals surface area contributed by atoms with Crippen LogP contribution in [0.15, 0.2) is 48.7 Å². The first kappa shape index (κ1) is 18.3. The largest absolute Gasteiger partial charge is 0.497 e. The van der Waals surface area contributed by atoms with Crippen LogP contribution in [0.25, 0.3) is 21.8 Å². The van der Waals surface area contributed by atoms with Gasteiger partial charge in [-0.05, 0) is 43.0 Å². The molecule has 1 saturated carbocycles. The second kappa shape index (κ2) is 7.26. The number of aromatic nitrogens is 3. The van der Waals surface area contributed by atoms with Gasteiger partial charge in [0, 0.05) is 35.1 Å². The molecule has 1 fully saturated rings. The number of carbonyl (C=O) groups is 1. The van der Waals surface area contributed by atoms with Gasteiger partial charge in [-0.3, -0.25) is 0 Å². The van der Waals surface area contributed by atoms with Crippen LogP contribution in [-0.4, -0.2) is 33.1 Å². The highest BCUT2D eigenvalue weighted by molar-refractivity contribution is 6.09. The first-order valence-corrected chi connectivity index (χ1v) is 9.84. The summed E-state index contributed by atoms with van der Waals surface area (Å²) in [6, 6.07) is 12.5. The summed E-state index contributed by atoms with van der Waals surface area (Å²) in [5.74, 6) is 1.78. The van der Waals surface area contributed by atoms with Crippen LogP contribution >= 0.6 is 0 Å². The van der Waals surface area contributed by atoms with Crippen molar-refractivity contribution in [3.63, 3.8) is 0 Å². The number of rotatable bonds is 6. The van der Waals surface area contributed by atoms with Crippen molar-refractivity contribution < 1.29 is 14.6 Å². The number of methoxy groups -OCH3 is 1. The van der Waals surface area contributed by atoms with E-state index in [1.165, 1.54) is 12.8 Å². The van der Waals surface area contributed by atoms with Crippen molar-refractivity contribution in [2.24, 2.45) is 5.92 Å². The summed E-state index contributed by atoms with van der Waals surface area (Å²) in [6.07, 6.45) is 5.14. The van der Waals surface area contributed by atoms with Crippen molar-refractivity contribution in [3.8, 4) is 5.75 Å². The lowest BCUT2D eigenvalue weighted by atomic mass is 10.1. The van der Waals surface area contributed by atoms with Gasteiger partial charge in [-0.15, -0.1) is 0 Å². The molecule has 0 spiro atoms. The van der Waals surface area contributed by atoms with Crippen LogP contribution in [0.2, 0.25) is 0 Å². The number of aromatic carboxylic acids is 1. The van der Waals surface area contributed by atoms with E-state index < -0.39 is 5.97 Å². The molecule has 0 saturated heterocycles. The zero-order valence-electron chi connectivity index (χ0n) is 16.4. The van der Waals surface area contributed by atoms with E-state index in [-0.39, 0.29) is 5.56 Å². The van der Waals surface area contributed by atoms with Gasteiger partial charge in [0.15, 0.2) is 5.82 Å². The summed E-state index contributed by atoms with van der Waals surface area (Å²) in [7, 11) is 1.62. The molecule has 7 nitrogen and oxygen atoms in total. The third kappa shape index (κ3) is 3.50. The number of anilines is 2. The maximum Gasteiger partial charge on any atom is 0.335 e. The molecule has 0 aliphatic heterocycles. The molecule has 2 aromatic carbocycles. The highest BCUT2D eigenvalue weighted by Crippen LogP contribution is 2.34. The van der Waals surface area contributed by atoms with Gasteiger partial charge in [0.25, 0.3) is 0 Å². The molecule has 0 bridgehead atoms. The molecule has 7 heteroatoms. The van der Waals surface area contributed by atoms with Gasteiger partial charge >= 0.3 is 5.97 Å². The Kier molecular flexibility index (Phi) is 4.43. The molecule has 0 radical (unpaired) electrons. The molecular formula is C23H20N4O3. The Labute approximate surface area is 172 Å². The van der Waals surface area contributed by atoms with Crippen LogP contribution in [0.3, 0.4) is 0 Å². The number of pyridine rings is 1. The van der Waals surface area contributed by atoms with Crippen molar-refractivity contribution in [1.29, 1.82) is 0 Å². The fourth-order valence-corrected chi connectivity index (χ4v) is 3.56. The van der Waals surface area contributed by atoms with Crippen LogP contribution in [0.1, 0.15) is 29.0 Å². The summed E-state index contributed by atoms with van der Waals surface area (Å²) in [5, 5.41) is 14.4. The molecule has 1 aliphatic carbocycles. The van der Waals surface area contributed by atoms with Crippen LogP contribution in [0.5, 0.6) is 5.75 Å². The average molecular weight is 400 g/mol. The van der Waals surface area contributed by atoms with Crippen molar-refractivity contribution >= 4 is 39.3 Å². The van der Waals surface area contributed by atoms with Crippen LogP contribution in [0.4, 0.5) is 11.5 Å². The monoisotopic (exact) mass is 400 g/mol. The van der Waals surface area contributed by atoms with Gasteiger partial charge in [-0.25, -0.2) is 19.7 Å². The Balaban J connectivity index is 1.69. The Bertz CT molecular complexity index is 1280. The quantitative estimate of drug-likeness (QED) is 0.457. The number of fused-ring (bicyclic) bond motifs is 3. The van der Waals surface area contributed by atoms with E-state index in [1.54, 1.807) is 25.3 Å². The lowest BCUT2D eigenvalue weighted by Crippen LogP contribution is -2.03. The SMILES string of the molecule is COc1cccc(Nc2nc3cc(C(=O)O)ccc3c3cnc(CC4CC4)nc23)c1. The second-order valence-electron chi connectivity index (χ2n) is 7.55. The highest BCUT2D eigenvalue weighted by atomic mass is 16.5. The van der Waals surface area contributed by atoms with Crippen molar-refractivity contribution in [1.82, 2.24) is 15.0 Å². The second-order valence-corrected chi connectivity index (χ2v) is 7.55. The molecule has 2 N–H and O–H groups in total. The maximum atomic E-state index is 11.4. The molecule has 0 amide bonds. The number of benzene rings is 2. The summed E-state index contributed by atoms with van der Waals surface area (Å²) in [5.41, 5.74) is 2.29. The molecule has 2 aromatic heterocycles. The van der Waals surface area contributed by atoms with Gasteiger partial charge in [-0.2, -0.15) is 0 Å². The Morgan fingerprint density at radius 2 is 2.03 bits per heavy atom. The van der Waals surface area contributed by atoms with Gasteiger partial charge in [0.1, 0.15) is 17.1 Å². The first-order chi connectivity index (χ1) is 14.6. The number of carboxylic acids is 1. The molecule has 30 heavy (non-hydrogen) atoms. The third-order valence-electron chi connectivity index (χ3n) is 5.33. The number of nitrogens with zero attached hydrogens (tertiary/aromatic N) is 3. The van der Waals surface area contributed by atoms with Gasteiger partial charge in [-0.1, -0.05) is 12.1 Å². The minimum Gasteiger partial charge on any atom is -0.497 e. The molecule has 0 atom stereocenters. The lowest BCUT2D eigenvalue weighted by molar-refractivity contribution is 0.0697. The van der Waals surface area contributed by atoms with Gasteiger partial charge in [0.2, 0.25) is 0 Å². The van der Waals surface area contributed by atoms with Gasteiger partial charge in [0.05, 0.1) is 18.2 Å². The zero-order valence-corrected chi connectivity index (χ0v) is 16.4. The van der Waals surface area contributed by atoms with Crippen molar-refractivity contribution in [2.45, 2.75) is 19.3 Å². The fraction of sp³-hybridized carbons (Fsp3) is 0.217. The highest BCUT2D eigenvalue weighted by Gasteiger charge is 2.23. The molecule has 0 unspecified atom stereocenters. The molecule has 2 heterocycles. The van der Waals surface area contributed by atoms with E-state index in [4.69, 9.17) is 14.7 Å². The Hall–Kier alpha value is -3.74. The summed E-state index contributed by atoms with van der Waals surface area (Å²) < 4.78 is 5.31. The number of carboxylic acid groups (broad SMARTS) is 1. The van der Waals surface area contributed by atoms with Gasteiger partial charge < -0.3 is 15.2 Å². The van der Waals surface area contributed by atoms with Crippen LogP contribution in [0, 0.1) is 5.92 Å². The number of nitrogens with one attached hydrogen (secondary N) is 1. The maximum absolute atomic E-state index is 11.4. The third-order valence-corrected chi connectivity index (χ3v) is 5.33. The number of hydrogen-bond acceptors (Lipinski definition) is 6. The molecule has 150 valence electrons. The predicted molar refractivity (Wildman–Crippen MR) is 115 cm³/mol. The molecule has 4 aromatic rings. The lowest BCUT2D eigenvalue weighted by Gasteiger charge is -2.13. The zero-order chi connectivity index (χ0) is 20.7. The van der Waals surface area contributed by atoms with E-state index in [0.29, 0.717) is 17.3 Å². The summed E-state index contributed by atoms with van der Waals surface area (Å²) >= 11 is 0. The number of ether oxygens (including phenoxy) is 1. The molecule has 1 aliphatic rings. The summed E-state index contributed by atoms with van der Waals surface area (Å²) in [6.45, 7) is 0. The van der Waals surface area contributed by atoms with E-state index in [9.17, 15) is 9.90 Å². The minimum atomic E-state index is -0.989. The summed E-state index contributed by atoms with van der Waals surface area (Å²) in [4.78, 5) is 25.5. The predicted octanol–water partition coefficient (Wildman–Crippen LogP) is 4.58. The normalized spacial score (nSPS) is 13.5. The Morgan fingerprint density at radius 3 is 2.80 bits per heavy atom. The smallest absolute Gasteiger partial charge is 0.335 e. The van der Waals surface area contributed by atoms with Crippen LogP contribution in [-0.2, 0) is 6.42 Å². The molecular weight excluding hydrogens is 380 g/mol. The van der Waals surface area contributed by atoms with E-state index in [0.717, 1.165) is 40.0 Å². The topological polar surface area (TPSA) is 97.2 Å². The number of hydrogen-bond donors (Lipinski definition) is 2. The standard InChI is InChI=1S/C23H20N4O3/c1-30-16-4-2-3-15(11-16)25-22-21-18(12-24-20(27-21)9-13-5-6-13)17-8-7-14(23(28)29)10-19(17)26-22/h2-4,7-8,10-13H,5-6,9H2,1H3,(H,25,26)(H,28,29). The minimum absolute atomic E-state index is 0.188. The fourth-order valence-electron chi connectivity index (χ4n) is 3.56. The van der Waals surface area contributed by atoms with Crippen molar-refractivity contribution in [2.75, 3.05) is 12.4 Å². The van der Waals surface area contributed by atoms with E-state index in [2.05, 4.69) is 10.3 Å². The van der Waals surface area contributed by atoms with E-state index >= 15 is 0 Å². The Morgan fingerprint density at radius 1 is 1.17 bits per heavy atom. The van der Waals surface area contributed by atoms with Crippen LogP contribution < -0.4 is 10.1 Å². The first-order valence-electron chi connectivity index (χ1n) is 9.84. The van der Waals surface area contributed by atoms with Crippen molar-refractivity contribution in [3.05, 3.63) is 60.0 Å². The van der Waals surface area contributed by atoms with E-state index in [1.807, 2.05) is 30.5 Å². The molecule has 5 rings (SSSR count).